The SMILES string of the molecule is Cc1cccc2c1=CCCC=2C1=c2ccccc2=C(C2=CC=C(c3ccccn3)CC2)C2C=CC=CC12. The molecule has 1 heteroatoms. The number of hydrogen-bond donors (Lipinski definition) is 0. The van der Waals surface area contributed by atoms with E-state index in [0.29, 0.717) is 11.8 Å². The van der Waals surface area contributed by atoms with E-state index >= 15 is 0 Å². The second-order valence-electron chi connectivity index (χ2n) is 10.6. The molecule has 0 aliphatic heterocycles. The van der Waals surface area contributed by atoms with E-state index < -0.39 is 0 Å². The first-order chi connectivity index (χ1) is 18.3. The zero-order valence-electron chi connectivity index (χ0n) is 21.3. The van der Waals surface area contributed by atoms with Crippen LogP contribution in [0, 0.1) is 18.8 Å². The summed E-state index contributed by atoms with van der Waals surface area (Å²) in [6.07, 6.45) is 22.7. The molecule has 0 N–H and O–H groups in total. The minimum Gasteiger partial charge on any atom is -0.257 e. The van der Waals surface area contributed by atoms with Crippen molar-refractivity contribution < 1.29 is 0 Å². The highest BCUT2D eigenvalue weighted by Crippen LogP contribution is 2.43. The molecule has 3 aromatic rings. The smallest absolute Gasteiger partial charge is 0.0661 e. The van der Waals surface area contributed by atoms with Crippen molar-refractivity contribution in [2.45, 2.75) is 32.6 Å². The first kappa shape index (κ1) is 22.2. The Morgan fingerprint density at radius 1 is 0.676 bits per heavy atom. The molecule has 0 amide bonds. The largest absolute Gasteiger partial charge is 0.257 e. The monoisotopic (exact) mass is 477 g/mol. The number of benzene rings is 2. The van der Waals surface area contributed by atoms with Crippen LogP contribution in [0.5, 0.6) is 0 Å². The van der Waals surface area contributed by atoms with Crippen molar-refractivity contribution in [1.82, 2.24) is 4.98 Å². The third-order valence-corrected chi connectivity index (χ3v) is 8.52. The summed E-state index contributed by atoms with van der Waals surface area (Å²) in [5, 5.41) is 5.69. The van der Waals surface area contributed by atoms with E-state index in [2.05, 4.69) is 109 Å². The van der Waals surface area contributed by atoms with E-state index in [1.165, 1.54) is 54.3 Å². The van der Waals surface area contributed by atoms with E-state index in [1.807, 2.05) is 12.3 Å². The molecule has 2 atom stereocenters. The molecule has 0 saturated carbocycles. The van der Waals surface area contributed by atoms with Crippen molar-refractivity contribution in [2.75, 3.05) is 0 Å². The van der Waals surface area contributed by atoms with Gasteiger partial charge in [0, 0.05) is 18.0 Å². The van der Waals surface area contributed by atoms with E-state index in [-0.39, 0.29) is 0 Å². The lowest BCUT2D eigenvalue weighted by molar-refractivity contribution is 0.681. The van der Waals surface area contributed by atoms with Gasteiger partial charge in [0.25, 0.3) is 0 Å². The standard InChI is InChI=1S/C36H31N/c1-24-10-8-16-28-27(24)15-9-17-29(28)36-32-13-4-2-11-30(32)35(31-12-3-5-14-33(31)36)26-21-19-25(20-22-26)34-18-6-7-23-37-34/h2-8,10-16,18-19,21,23,30,32H,9,17,20,22H2,1H3. The second kappa shape index (κ2) is 9.16. The van der Waals surface area contributed by atoms with Crippen LogP contribution < -0.4 is 20.9 Å². The van der Waals surface area contributed by atoms with Crippen molar-refractivity contribution >= 4 is 28.4 Å². The number of pyridine rings is 1. The van der Waals surface area contributed by atoms with Gasteiger partial charge in [-0.1, -0.05) is 91.1 Å². The summed E-state index contributed by atoms with van der Waals surface area (Å²) in [6, 6.07) is 22.2. The van der Waals surface area contributed by atoms with E-state index in [1.54, 1.807) is 0 Å². The molecule has 7 rings (SSSR count). The molecule has 0 spiro atoms. The molecule has 0 fully saturated rings. The highest BCUT2D eigenvalue weighted by Gasteiger charge is 2.33. The molecular formula is C36H31N. The molecule has 0 bridgehead atoms. The van der Waals surface area contributed by atoms with Crippen LogP contribution in [0.15, 0.2) is 109 Å². The number of allylic oxidation sites excluding steroid dienone is 8. The summed E-state index contributed by atoms with van der Waals surface area (Å²) in [5.74, 6) is 0.719. The Morgan fingerprint density at radius 2 is 1.38 bits per heavy atom. The molecule has 4 aliphatic carbocycles. The van der Waals surface area contributed by atoms with Crippen LogP contribution in [0.25, 0.3) is 28.4 Å². The first-order valence-corrected chi connectivity index (χ1v) is 13.6. The maximum atomic E-state index is 4.59. The van der Waals surface area contributed by atoms with Gasteiger partial charge in [-0.15, -0.1) is 0 Å². The lowest BCUT2D eigenvalue weighted by atomic mass is 9.68. The van der Waals surface area contributed by atoms with Crippen LogP contribution in [-0.2, 0) is 0 Å². The van der Waals surface area contributed by atoms with Crippen LogP contribution in [0.2, 0.25) is 0 Å². The molecule has 1 nitrogen and oxygen atoms in total. The van der Waals surface area contributed by atoms with E-state index in [0.717, 1.165) is 31.4 Å². The normalized spacial score (nSPS) is 21.9. The lowest BCUT2D eigenvalue weighted by Crippen LogP contribution is -2.42. The van der Waals surface area contributed by atoms with Crippen molar-refractivity contribution in [3.8, 4) is 0 Å². The summed E-state index contributed by atoms with van der Waals surface area (Å²) in [5.41, 5.74) is 9.86. The van der Waals surface area contributed by atoms with E-state index in [4.69, 9.17) is 0 Å². The molecule has 4 aliphatic rings. The van der Waals surface area contributed by atoms with Gasteiger partial charge in [0.15, 0.2) is 0 Å². The average molecular weight is 478 g/mol. The van der Waals surface area contributed by atoms with Crippen molar-refractivity contribution in [3.63, 3.8) is 0 Å². The Labute approximate surface area is 218 Å². The minimum atomic E-state index is 0.359. The van der Waals surface area contributed by atoms with Crippen LogP contribution in [-0.4, -0.2) is 4.98 Å². The fourth-order valence-corrected chi connectivity index (χ4v) is 6.84. The van der Waals surface area contributed by atoms with Crippen molar-refractivity contribution in [3.05, 3.63) is 141 Å². The van der Waals surface area contributed by atoms with Crippen LogP contribution in [0.4, 0.5) is 0 Å². The molecule has 0 radical (unpaired) electrons. The second-order valence-corrected chi connectivity index (χ2v) is 10.6. The number of nitrogens with zero attached hydrogens (tertiary/aromatic N) is 1. The summed E-state index contributed by atoms with van der Waals surface area (Å²) >= 11 is 0. The Hall–Kier alpha value is -3.97. The fourth-order valence-electron chi connectivity index (χ4n) is 6.84. The number of fused-ring (bicyclic) bond motifs is 3. The topological polar surface area (TPSA) is 12.9 Å². The maximum absolute atomic E-state index is 4.59. The Bertz CT molecular complexity index is 1780. The van der Waals surface area contributed by atoms with Crippen molar-refractivity contribution in [1.29, 1.82) is 0 Å². The molecule has 0 saturated heterocycles. The van der Waals surface area contributed by atoms with Gasteiger partial charge in [0.05, 0.1) is 5.69 Å². The number of hydrogen-bond acceptors (Lipinski definition) is 1. The summed E-state index contributed by atoms with van der Waals surface area (Å²) in [6.45, 7) is 2.25. The minimum absolute atomic E-state index is 0.359. The Balaban J connectivity index is 1.51. The van der Waals surface area contributed by atoms with Gasteiger partial charge < -0.3 is 0 Å². The molecule has 1 heterocycles. The van der Waals surface area contributed by atoms with Gasteiger partial charge in [-0.05, 0) is 99.0 Å². The predicted octanol–water partition coefficient (Wildman–Crippen LogP) is 5.29. The molecule has 180 valence electrons. The quantitative estimate of drug-likeness (QED) is 0.499. The van der Waals surface area contributed by atoms with Crippen molar-refractivity contribution in [2.24, 2.45) is 11.8 Å². The Morgan fingerprint density at radius 3 is 2.14 bits per heavy atom. The zero-order valence-corrected chi connectivity index (χ0v) is 21.3. The number of aryl methyl sites for hydroxylation is 1. The zero-order chi connectivity index (χ0) is 24.8. The third kappa shape index (κ3) is 3.73. The van der Waals surface area contributed by atoms with Gasteiger partial charge in [-0.25, -0.2) is 0 Å². The van der Waals surface area contributed by atoms with Crippen LogP contribution in [0.1, 0.15) is 36.9 Å². The molecule has 2 aromatic carbocycles. The van der Waals surface area contributed by atoms with Gasteiger partial charge in [-0.2, -0.15) is 0 Å². The van der Waals surface area contributed by atoms with Crippen LogP contribution >= 0.6 is 0 Å². The van der Waals surface area contributed by atoms with Gasteiger partial charge in [0.2, 0.25) is 0 Å². The predicted molar refractivity (Wildman–Crippen MR) is 155 cm³/mol. The van der Waals surface area contributed by atoms with Crippen LogP contribution in [0.3, 0.4) is 0 Å². The molecular weight excluding hydrogens is 446 g/mol. The van der Waals surface area contributed by atoms with Gasteiger partial charge >= 0.3 is 0 Å². The highest BCUT2D eigenvalue weighted by atomic mass is 14.7. The molecule has 2 unspecified atom stereocenters. The number of aromatic nitrogens is 1. The summed E-state index contributed by atoms with van der Waals surface area (Å²) in [4.78, 5) is 4.59. The maximum Gasteiger partial charge on any atom is 0.0661 e. The average Bonchev–Trinajstić information content (AvgIpc) is 2.96. The van der Waals surface area contributed by atoms with Gasteiger partial charge in [0.1, 0.15) is 0 Å². The van der Waals surface area contributed by atoms with E-state index in [9.17, 15) is 0 Å². The summed E-state index contributed by atoms with van der Waals surface area (Å²) in [7, 11) is 0. The van der Waals surface area contributed by atoms with Gasteiger partial charge in [-0.3, -0.25) is 4.98 Å². The molecule has 37 heavy (non-hydrogen) atoms. The lowest BCUT2D eigenvalue weighted by Gasteiger charge is -2.36. The third-order valence-electron chi connectivity index (χ3n) is 8.52. The highest BCUT2D eigenvalue weighted by molar-refractivity contribution is 5.94. The number of rotatable bonds is 3. The molecule has 1 aromatic heterocycles. The first-order valence-electron chi connectivity index (χ1n) is 13.6. The Kier molecular flexibility index (Phi) is 5.51. The summed E-state index contributed by atoms with van der Waals surface area (Å²) < 4.78 is 0. The fraction of sp³-hybridized carbons (Fsp3) is 0.194.